The molecule has 0 unspecified atom stereocenters. The number of anilines is 1. The van der Waals surface area contributed by atoms with Crippen LogP contribution in [0.25, 0.3) is 11.4 Å². The Kier molecular flexibility index (Phi) is 6.57. The number of ether oxygens (including phenoxy) is 3. The molecule has 1 fully saturated rings. The molecule has 0 N–H and O–H groups in total. The highest BCUT2D eigenvalue weighted by Crippen LogP contribution is 2.31. The van der Waals surface area contributed by atoms with E-state index < -0.39 is 0 Å². The molecule has 2 heterocycles. The van der Waals surface area contributed by atoms with Crippen molar-refractivity contribution in [3.63, 3.8) is 0 Å². The molecule has 1 aliphatic rings. The minimum Gasteiger partial charge on any atom is -0.493 e. The minimum atomic E-state index is 0.542. The standard InChI is InChI=1S/C23H28N4O4/c1-4-30-19-8-6-5-7-18(19)27-13-11-26(12-14-27)16-22-24-23(25-31-22)17-9-10-20(28-2)21(15-17)29-3/h5-10,15H,4,11-14,16H2,1-3H3. The van der Waals surface area contributed by atoms with Crippen molar-refractivity contribution in [1.82, 2.24) is 15.0 Å². The van der Waals surface area contributed by atoms with Gasteiger partial charge in [0.05, 0.1) is 33.1 Å². The fourth-order valence-electron chi connectivity index (χ4n) is 3.75. The summed E-state index contributed by atoms with van der Waals surface area (Å²) >= 11 is 0. The van der Waals surface area contributed by atoms with Gasteiger partial charge in [-0.1, -0.05) is 17.3 Å². The maximum Gasteiger partial charge on any atom is 0.241 e. The van der Waals surface area contributed by atoms with Crippen LogP contribution in [0, 0.1) is 0 Å². The van der Waals surface area contributed by atoms with E-state index >= 15 is 0 Å². The SMILES string of the molecule is CCOc1ccccc1N1CCN(Cc2nc(-c3ccc(OC)c(OC)c3)no2)CC1. The number of methoxy groups -OCH3 is 2. The maximum atomic E-state index is 5.78. The molecule has 1 saturated heterocycles. The number of rotatable bonds is 8. The normalized spacial score (nSPS) is 14.5. The van der Waals surface area contributed by atoms with Crippen LogP contribution in [0.5, 0.6) is 17.2 Å². The second kappa shape index (κ2) is 9.70. The third-order valence-corrected chi connectivity index (χ3v) is 5.35. The Bertz CT molecular complexity index is 999. The summed E-state index contributed by atoms with van der Waals surface area (Å²) in [5, 5.41) is 4.14. The van der Waals surface area contributed by atoms with Crippen LogP contribution in [0.1, 0.15) is 12.8 Å². The van der Waals surface area contributed by atoms with E-state index in [-0.39, 0.29) is 0 Å². The zero-order chi connectivity index (χ0) is 21.6. The summed E-state index contributed by atoms with van der Waals surface area (Å²) in [7, 11) is 3.22. The lowest BCUT2D eigenvalue weighted by Gasteiger charge is -2.36. The van der Waals surface area contributed by atoms with Gasteiger partial charge in [0, 0.05) is 31.7 Å². The second-order valence-corrected chi connectivity index (χ2v) is 7.25. The lowest BCUT2D eigenvalue weighted by Crippen LogP contribution is -2.46. The largest absolute Gasteiger partial charge is 0.493 e. The second-order valence-electron chi connectivity index (χ2n) is 7.25. The van der Waals surface area contributed by atoms with Crippen LogP contribution in [0.3, 0.4) is 0 Å². The van der Waals surface area contributed by atoms with Crippen LogP contribution < -0.4 is 19.1 Å². The number of hydrogen-bond donors (Lipinski definition) is 0. The summed E-state index contributed by atoms with van der Waals surface area (Å²) in [4.78, 5) is 9.26. The van der Waals surface area contributed by atoms with Crippen LogP contribution in [-0.4, -0.2) is 62.0 Å². The molecule has 4 rings (SSSR count). The van der Waals surface area contributed by atoms with Gasteiger partial charge < -0.3 is 23.6 Å². The number of hydrogen-bond acceptors (Lipinski definition) is 8. The van der Waals surface area contributed by atoms with E-state index in [9.17, 15) is 0 Å². The lowest BCUT2D eigenvalue weighted by molar-refractivity contribution is 0.215. The molecule has 1 aliphatic heterocycles. The molecule has 2 aromatic carbocycles. The topological polar surface area (TPSA) is 73.1 Å². The molecule has 3 aromatic rings. The van der Waals surface area contributed by atoms with E-state index in [2.05, 4.69) is 32.1 Å². The van der Waals surface area contributed by atoms with Gasteiger partial charge in [-0.25, -0.2) is 0 Å². The first-order chi connectivity index (χ1) is 15.2. The van der Waals surface area contributed by atoms with Crippen molar-refractivity contribution >= 4 is 5.69 Å². The molecule has 0 atom stereocenters. The Morgan fingerprint density at radius 3 is 2.45 bits per heavy atom. The molecule has 0 amide bonds. The van der Waals surface area contributed by atoms with Gasteiger partial charge in [-0.3, -0.25) is 4.90 Å². The predicted molar refractivity (Wildman–Crippen MR) is 118 cm³/mol. The van der Waals surface area contributed by atoms with Gasteiger partial charge in [0.15, 0.2) is 11.5 Å². The first kappa shape index (κ1) is 21.0. The highest BCUT2D eigenvalue weighted by molar-refractivity contribution is 5.61. The highest BCUT2D eigenvalue weighted by Gasteiger charge is 2.22. The van der Waals surface area contributed by atoms with E-state index in [1.54, 1.807) is 14.2 Å². The van der Waals surface area contributed by atoms with Crippen molar-refractivity contribution in [1.29, 1.82) is 0 Å². The van der Waals surface area contributed by atoms with Crippen LogP contribution in [0.4, 0.5) is 5.69 Å². The smallest absolute Gasteiger partial charge is 0.241 e. The Morgan fingerprint density at radius 2 is 1.71 bits per heavy atom. The highest BCUT2D eigenvalue weighted by atomic mass is 16.5. The molecule has 0 spiro atoms. The monoisotopic (exact) mass is 424 g/mol. The van der Waals surface area contributed by atoms with Gasteiger partial charge >= 0.3 is 0 Å². The van der Waals surface area contributed by atoms with E-state index in [0.29, 0.717) is 36.4 Å². The molecule has 0 aliphatic carbocycles. The van der Waals surface area contributed by atoms with Crippen LogP contribution in [0.15, 0.2) is 47.0 Å². The number of nitrogens with zero attached hydrogens (tertiary/aromatic N) is 4. The number of benzene rings is 2. The molecule has 1 aromatic heterocycles. The zero-order valence-corrected chi connectivity index (χ0v) is 18.2. The fraction of sp³-hybridized carbons (Fsp3) is 0.391. The summed E-state index contributed by atoms with van der Waals surface area (Å²) in [6, 6.07) is 13.8. The van der Waals surface area contributed by atoms with Gasteiger partial charge in [-0.2, -0.15) is 4.98 Å². The zero-order valence-electron chi connectivity index (χ0n) is 18.2. The molecule has 8 nitrogen and oxygen atoms in total. The van der Waals surface area contributed by atoms with E-state index in [1.165, 1.54) is 0 Å². The Hall–Kier alpha value is -3.26. The van der Waals surface area contributed by atoms with Crippen LogP contribution >= 0.6 is 0 Å². The predicted octanol–water partition coefficient (Wildman–Crippen LogP) is 3.47. The van der Waals surface area contributed by atoms with Gasteiger partial charge in [0.25, 0.3) is 0 Å². The Balaban J connectivity index is 1.37. The molecule has 0 bridgehead atoms. The Labute approximate surface area is 182 Å². The third kappa shape index (κ3) is 4.74. The minimum absolute atomic E-state index is 0.542. The number of para-hydroxylation sites is 2. The van der Waals surface area contributed by atoms with Gasteiger partial charge in [0.1, 0.15) is 5.75 Å². The third-order valence-electron chi connectivity index (χ3n) is 5.35. The van der Waals surface area contributed by atoms with Crippen molar-refractivity contribution in [2.75, 3.05) is 51.9 Å². The summed E-state index contributed by atoms with van der Waals surface area (Å²) in [5.74, 6) is 3.39. The van der Waals surface area contributed by atoms with Crippen molar-refractivity contribution < 1.29 is 18.7 Å². The van der Waals surface area contributed by atoms with Gasteiger partial charge in [-0.15, -0.1) is 0 Å². The molecule has 0 radical (unpaired) electrons. The van der Waals surface area contributed by atoms with Gasteiger partial charge in [-0.05, 0) is 37.3 Å². The summed E-state index contributed by atoms with van der Waals surface area (Å²) in [6.07, 6.45) is 0. The van der Waals surface area contributed by atoms with Crippen molar-refractivity contribution in [3.8, 4) is 28.6 Å². The average molecular weight is 425 g/mol. The van der Waals surface area contributed by atoms with E-state index in [4.69, 9.17) is 18.7 Å². The fourth-order valence-corrected chi connectivity index (χ4v) is 3.75. The van der Waals surface area contributed by atoms with E-state index in [0.717, 1.165) is 43.2 Å². The molecule has 31 heavy (non-hydrogen) atoms. The number of aromatic nitrogens is 2. The quantitative estimate of drug-likeness (QED) is 0.544. The van der Waals surface area contributed by atoms with E-state index in [1.807, 2.05) is 37.3 Å². The molecular formula is C23H28N4O4. The first-order valence-electron chi connectivity index (χ1n) is 10.5. The molecule has 0 saturated carbocycles. The number of piperazine rings is 1. The first-order valence-corrected chi connectivity index (χ1v) is 10.5. The van der Waals surface area contributed by atoms with Crippen molar-refractivity contribution in [2.24, 2.45) is 0 Å². The maximum absolute atomic E-state index is 5.78. The summed E-state index contributed by atoms with van der Waals surface area (Å²) < 4.78 is 21.9. The molecule has 8 heteroatoms. The molecular weight excluding hydrogens is 396 g/mol. The summed E-state index contributed by atoms with van der Waals surface area (Å²) in [6.45, 7) is 6.96. The van der Waals surface area contributed by atoms with Crippen LogP contribution in [0.2, 0.25) is 0 Å². The lowest BCUT2D eigenvalue weighted by atomic mass is 10.2. The van der Waals surface area contributed by atoms with Crippen molar-refractivity contribution in [2.45, 2.75) is 13.5 Å². The van der Waals surface area contributed by atoms with Crippen molar-refractivity contribution in [3.05, 3.63) is 48.4 Å². The molecule has 164 valence electrons. The Morgan fingerprint density at radius 1 is 0.935 bits per heavy atom. The van der Waals surface area contributed by atoms with Crippen LogP contribution in [-0.2, 0) is 6.54 Å². The van der Waals surface area contributed by atoms with Gasteiger partial charge in [0.2, 0.25) is 11.7 Å². The summed E-state index contributed by atoms with van der Waals surface area (Å²) in [5.41, 5.74) is 1.97. The average Bonchev–Trinajstić information content (AvgIpc) is 3.28.